The number of benzene rings is 1. The van der Waals surface area contributed by atoms with Gasteiger partial charge in [0, 0.05) is 18.4 Å². The summed E-state index contributed by atoms with van der Waals surface area (Å²) in [5.74, 6) is 0.469. The molecular weight excluding hydrogens is 317 g/mol. The molecule has 1 aromatic carbocycles. The first kappa shape index (κ1) is 18.2. The zero-order valence-electron chi connectivity index (χ0n) is 14.1. The normalized spacial score (nSPS) is 13.2. The van der Waals surface area contributed by atoms with E-state index in [1.807, 2.05) is 32.8 Å². The van der Waals surface area contributed by atoms with Crippen LogP contribution in [0.25, 0.3) is 0 Å². The van der Waals surface area contributed by atoms with Gasteiger partial charge in [0.15, 0.2) is 0 Å². The van der Waals surface area contributed by atoms with E-state index in [1.54, 1.807) is 12.3 Å². The molecule has 0 radical (unpaired) electrons. The van der Waals surface area contributed by atoms with E-state index >= 15 is 0 Å². The van der Waals surface area contributed by atoms with Crippen molar-refractivity contribution in [3.63, 3.8) is 0 Å². The maximum absolute atomic E-state index is 12.9. The van der Waals surface area contributed by atoms with Crippen molar-refractivity contribution in [3.8, 4) is 0 Å². The predicted octanol–water partition coefficient (Wildman–Crippen LogP) is 3.83. The number of alkyl halides is 3. The number of likely N-dealkylation sites (N-methyl/N-ethyl adjacent to an activating group) is 1. The Morgan fingerprint density at radius 2 is 1.92 bits per heavy atom. The van der Waals surface area contributed by atoms with E-state index in [4.69, 9.17) is 0 Å². The summed E-state index contributed by atoms with van der Waals surface area (Å²) in [5.41, 5.74) is 1.80. The smallest absolute Gasteiger partial charge is 0.352 e. The molecule has 130 valence electrons. The van der Waals surface area contributed by atoms with Crippen LogP contribution in [0.1, 0.15) is 28.4 Å². The lowest BCUT2D eigenvalue weighted by Crippen LogP contribution is -2.27. The van der Waals surface area contributed by atoms with Crippen LogP contribution < -0.4 is 5.32 Å². The standard InChI is InChI=1S/C17H21F3N4/c1-11-9-21-16(23-12(11)2)22-10-15(24(3)4)13-6-5-7-14(8-13)17(18,19)20/h5-9,15H,10H2,1-4H3,(H,21,22,23). The first-order valence-corrected chi connectivity index (χ1v) is 7.56. The molecule has 0 saturated heterocycles. The van der Waals surface area contributed by atoms with Gasteiger partial charge in [-0.2, -0.15) is 13.2 Å². The SMILES string of the molecule is Cc1cnc(NCC(c2cccc(C(F)(F)F)c2)N(C)C)nc1C. The molecule has 1 N–H and O–H groups in total. The van der Waals surface area contributed by atoms with Crippen molar-refractivity contribution in [1.29, 1.82) is 0 Å². The van der Waals surface area contributed by atoms with E-state index in [-0.39, 0.29) is 6.04 Å². The molecule has 0 aliphatic carbocycles. The van der Waals surface area contributed by atoms with Crippen molar-refractivity contribution in [1.82, 2.24) is 14.9 Å². The summed E-state index contributed by atoms with van der Waals surface area (Å²) in [6, 6.07) is 5.16. The van der Waals surface area contributed by atoms with E-state index in [9.17, 15) is 13.2 Å². The Bertz CT molecular complexity index is 698. The zero-order chi connectivity index (χ0) is 17.9. The second kappa shape index (κ2) is 7.17. The lowest BCUT2D eigenvalue weighted by molar-refractivity contribution is -0.137. The number of aromatic nitrogens is 2. The van der Waals surface area contributed by atoms with Crippen molar-refractivity contribution in [2.45, 2.75) is 26.1 Å². The maximum Gasteiger partial charge on any atom is 0.416 e. The van der Waals surface area contributed by atoms with Crippen LogP contribution in [0, 0.1) is 13.8 Å². The number of hydrogen-bond acceptors (Lipinski definition) is 4. The van der Waals surface area contributed by atoms with E-state index in [1.165, 1.54) is 12.1 Å². The largest absolute Gasteiger partial charge is 0.416 e. The summed E-state index contributed by atoms with van der Waals surface area (Å²) >= 11 is 0. The average Bonchev–Trinajstić information content (AvgIpc) is 2.50. The van der Waals surface area contributed by atoms with E-state index < -0.39 is 11.7 Å². The van der Waals surface area contributed by atoms with Crippen molar-refractivity contribution in [3.05, 3.63) is 52.8 Å². The fourth-order valence-corrected chi connectivity index (χ4v) is 2.32. The highest BCUT2D eigenvalue weighted by Crippen LogP contribution is 2.31. The van der Waals surface area contributed by atoms with Gasteiger partial charge in [-0.3, -0.25) is 0 Å². The van der Waals surface area contributed by atoms with Crippen LogP contribution in [0.5, 0.6) is 0 Å². The Morgan fingerprint density at radius 1 is 1.21 bits per heavy atom. The predicted molar refractivity (Wildman–Crippen MR) is 87.9 cm³/mol. The van der Waals surface area contributed by atoms with Crippen LogP contribution in [0.2, 0.25) is 0 Å². The molecule has 0 bridgehead atoms. The maximum atomic E-state index is 12.9. The second-order valence-corrected chi connectivity index (χ2v) is 5.95. The van der Waals surface area contributed by atoms with E-state index in [0.29, 0.717) is 18.1 Å². The van der Waals surface area contributed by atoms with Crippen LogP contribution in [0.4, 0.5) is 19.1 Å². The molecule has 0 aliphatic rings. The summed E-state index contributed by atoms with van der Waals surface area (Å²) in [7, 11) is 3.65. The van der Waals surface area contributed by atoms with Crippen molar-refractivity contribution in [2.75, 3.05) is 26.0 Å². The molecule has 0 spiro atoms. The highest BCUT2D eigenvalue weighted by Gasteiger charge is 2.31. The van der Waals surface area contributed by atoms with Crippen LogP contribution in [-0.2, 0) is 6.18 Å². The minimum atomic E-state index is -4.35. The van der Waals surface area contributed by atoms with Gasteiger partial charge in [-0.15, -0.1) is 0 Å². The molecule has 7 heteroatoms. The Kier molecular flexibility index (Phi) is 5.43. The van der Waals surface area contributed by atoms with Crippen molar-refractivity contribution >= 4 is 5.95 Å². The van der Waals surface area contributed by atoms with Gasteiger partial charge in [0.2, 0.25) is 5.95 Å². The van der Waals surface area contributed by atoms with Gasteiger partial charge < -0.3 is 10.2 Å². The van der Waals surface area contributed by atoms with Gasteiger partial charge in [-0.05, 0) is 51.2 Å². The van der Waals surface area contributed by atoms with Crippen molar-refractivity contribution < 1.29 is 13.2 Å². The number of halogens is 3. The third-order valence-electron chi connectivity index (χ3n) is 3.90. The lowest BCUT2D eigenvalue weighted by Gasteiger charge is -2.26. The Morgan fingerprint density at radius 3 is 2.50 bits per heavy atom. The highest BCUT2D eigenvalue weighted by atomic mass is 19.4. The van der Waals surface area contributed by atoms with Crippen molar-refractivity contribution in [2.24, 2.45) is 0 Å². The Labute approximate surface area is 139 Å². The Balaban J connectivity index is 2.19. The Hall–Kier alpha value is -2.15. The number of rotatable bonds is 5. The summed E-state index contributed by atoms with van der Waals surface area (Å²) < 4.78 is 38.7. The molecule has 1 aromatic heterocycles. The van der Waals surface area contributed by atoms with Gasteiger partial charge >= 0.3 is 6.18 Å². The summed E-state index contributed by atoms with van der Waals surface area (Å²) in [4.78, 5) is 10.4. The quantitative estimate of drug-likeness (QED) is 0.900. The molecule has 0 aliphatic heterocycles. The van der Waals surface area contributed by atoms with E-state index in [0.717, 1.165) is 17.3 Å². The lowest BCUT2D eigenvalue weighted by atomic mass is 10.0. The third-order valence-corrected chi connectivity index (χ3v) is 3.90. The molecule has 2 rings (SSSR count). The third kappa shape index (κ3) is 4.44. The fourth-order valence-electron chi connectivity index (χ4n) is 2.32. The molecule has 0 amide bonds. The number of hydrogen-bond donors (Lipinski definition) is 1. The fraction of sp³-hybridized carbons (Fsp3) is 0.412. The van der Waals surface area contributed by atoms with Gasteiger partial charge in [0.25, 0.3) is 0 Å². The molecule has 24 heavy (non-hydrogen) atoms. The minimum absolute atomic E-state index is 0.238. The average molecular weight is 338 g/mol. The van der Waals surface area contributed by atoms with Crippen LogP contribution in [0.15, 0.2) is 30.5 Å². The monoisotopic (exact) mass is 338 g/mol. The number of nitrogens with zero attached hydrogens (tertiary/aromatic N) is 3. The first-order valence-electron chi connectivity index (χ1n) is 7.56. The number of aryl methyl sites for hydroxylation is 2. The van der Waals surface area contributed by atoms with Gasteiger partial charge in [-0.25, -0.2) is 9.97 Å². The van der Waals surface area contributed by atoms with Crippen LogP contribution in [0.3, 0.4) is 0 Å². The van der Waals surface area contributed by atoms with E-state index in [2.05, 4.69) is 15.3 Å². The summed E-state index contributed by atoms with van der Waals surface area (Å²) in [6.07, 6.45) is -2.63. The number of anilines is 1. The molecule has 1 unspecified atom stereocenters. The highest BCUT2D eigenvalue weighted by molar-refractivity contribution is 5.32. The second-order valence-electron chi connectivity index (χ2n) is 5.95. The van der Waals surface area contributed by atoms with Crippen LogP contribution in [-0.4, -0.2) is 35.5 Å². The molecule has 1 heterocycles. The molecule has 1 atom stereocenters. The molecular formula is C17H21F3N4. The number of nitrogens with one attached hydrogen (secondary N) is 1. The van der Waals surface area contributed by atoms with Gasteiger partial charge in [0.1, 0.15) is 0 Å². The van der Waals surface area contributed by atoms with Gasteiger partial charge in [0.05, 0.1) is 11.6 Å². The molecule has 4 nitrogen and oxygen atoms in total. The molecule has 0 fully saturated rings. The van der Waals surface area contributed by atoms with Crippen LogP contribution >= 0.6 is 0 Å². The first-order chi connectivity index (χ1) is 11.2. The molecule has 2 aromatic rings. The summed E-state index contributed by atoms with van der Waals surface area (Å²) in [5, 5.41) is 3.11. The zero-order valence-corrected chi connectivity index (χ0v) is 14.1. The van der Waals surface area contributed by atoms with Gasteiger partial charge in [-0.1, -0.05) is 12.1 Å². The molecule has 0 saturated carbocycles. The topological polar surface area (TPSA) is 41.1 Å². The summed E-state index contributed by atoms with van der Waals surface area (Å²) in [6.45, 7) is 4.21. The minimum Gasteiger partial charge on any atom is -0.352 e.